The summed E-state index contributed by atoms with van der Waals surface area (Å²) >= 11 is 0. The number of piperidine rings is 1. The third kappa shape index (κ3) is 8.02. The van der Waals surface area contributed by atoms with Crippen molar-refractivity contribution in [3.8, 4) is 5.75 Å². The fourth-order valence-electron chi connectivity index (χ4n) is 4.05. The first-order valence-corrected chi connectivity index (χ1v) is 14.2. The second-order valence-electron chi connectivity index (χ2n) is 8.88. The molecule has 0 amide bonds. The normalized spacial score (nSPS) is 14.2. The Labute approximate surface area is 217 Å². The van der Waals surface area contributed by atoms with Crippen LogP contribution < -0.4 is 20.1 Å². The molecular weight excluding hydrogens is 495 g/mol. The fraction of sp³-hybridized carbons (Fsp3) is 0.385. The molecule has 2 aromatic carbocycles. The number of para-hydroxylation sites is 2. The van der Waals surface area contributed by atoms with Gasteiger partial charge in [-0.2, -0.15) is 4.98 Å². The number of sulfonamides is 1. The molecule has 1 aliphatic heterocycles. The maximum absolute atomic E-state index is 14.5. The first-order valence-electron chi connectivity index (χ1n) is 12.5. The first-order chi connectivity index (χ1) is 17.9. The Bertz CT molecular complexity index is 1270. The molecule has 1 saturated heterocycles. The van der Waals surface area contributed by atoms with Crippen LogP contribution in [0, 0.1) is 5.82 Å². The van der Waals surface area contributed by atoms with Crippen LogP contribution in [-0.4, -0.2) is 55.3 Å². The third-order valence-electron chi connectivity index (χ3n) is 5.90. The van der Waals surface area contributed by atoms with Crippen molar-refractivity contribution in [1.82, 2.24) is 14.9 Å². The van der Waals surface area contributed by atoms with Gasteiger partial charge in [0.25, 0.3) is 0 Å². The van der Waals surface area contributed by atoms with Crippen LogP contribution in [-0.2, 0) is 10.0 Å². The van der Waals surface area contributed by atoms with Crippen molar-refractivity contribution in [3.05, 3.63) is 60.5 Å². The molecule has 1 fully saturated rings. The lowest BCUT2D eigenvalue weighted by atomic mass is 10.1. The van der Waals surface area contributed by atoms with Crippen LogP contribution in [0.15, 0.2) is 54.7 Å². The molecule has 0 aliphatic carbocycles. The molecule has 9 nitrogen and oxygen atoms in total. The number of hydrogen-bond acceptors (Lipinski definition) is 8. The van der Waals surface area contributed by atoms with E-state index >= 15 is 0 Å². The minimum Gasteiger partial charge on any atom is -0.492 e. The molecule has 1 aliphatic rings. The molecule has 3 N–H and O–H groups in total. The number of ether oxygens (including phenoxy) is 1. The predicted molar refractivity (Wildman–Crippen MR) is 145 cm³/mol. The Kier molecular flexibility index (Phi) is 9.13. The van der Waals surface area contributed by atoms with Gasteiger partial charge >= 0.3 is 0 Å². The molecular formula is C26H33FN6O3S. The average molecular weight is 529 g/mol. The largest absolute Gasteiger partial charge is 0.492 e. The summed E-state index contributed by atoms with van der Waals surface area (Å²) in [5.74, 6) is 0.185. The predicted octanol–water partition coefficient (Wildman–Crippen LogP) is 5.12. The van der Waals surface area contributed by atoms with Gasteiger partial charge in [-0.3, -0.25) is 9.62 Å². The van der Waals surface area contributed by atoms with Gasteiger partial charge in [0, 0.05) is 12.2 Å². The van der Waals surface area contributed by atoms with Crippen LogP contribution in [0.25, 0.3) is 0 Å². The van der Waals surface area contributed by atoms with Crippen molar-refractivity contribution >= 4 is 38.9 Å². The Morgan fingerprint density at radius 1 is 1.00 bits per heavy atom. The zero-order valence-corrected chi connectivity index (χ0v) is 21.7. The number of rotatable bonds is 12. The highest BCUT2D eigenvalue weighted by atomic mass is 32.2. The zero-order valence-electron chi connectivity index (χ0n) is 20.9. The third-order valence-corrected chi connectivity index (χ3v) is 7.37. The molecule has 0 bridgehead atoms. The summed E-state index contributed by atoms with van der Waals surface area (Å²) in [5.41, 5.74) is 1.39. The SMILES string of the molecule is CCCS(=O)(=O)Nc1ccccc1Nc1nc(Nc2ccc(OCCN3CCCCC3)cc2)ncc1F. The minimum atomic E-state index is -3.52. The number of anilines is 5. The smallest absolute Gasteiger partial charge is 0.232 e. The van der Waals surface area contributed by atoms with Crippen molar-refractivity contribution in [1.29, 1.82) is 0 Å². The number of benzene rings is 2. The summed E-state index contributed by atoms with van der Waals surface area (Å²) in [6, 6.07) is 14.1. The monoisotopic (exact) mass is 528 g/mol. The number of nitrogens with zero attached hydrogens (tertiary/aromatic N) is 3. The topological polar surface area (TPSA) is 108 Å². The van der Waals surface area contributed by atoms with Crippen LogP contribution >= 0.6 is 0 Å². The Hall–Kier alpha value is -3.44. The van der Waals surface area contributed by atoms with Crippen molar-refractivity contribution in [2.45, 2.75) is 32.6 Å². The van der Waals surface area contributed by atoms with Gasteiger partial charge < -0.3 is 15.4 Å². The van der Waals surface area contributed by atoms with E-state index in [9.17, 15) is 12.8 Å². The molecule has 198 valence electrons. The van der Waals surface area contributed by atoms with Crippen LogP contribution in [0.4, 0.5) is 33.2 Å². The number of hydrogen-bond donors (Lipinski definition) is 3. The van der Waals surface area contributed by atoms with Crippen molar-refractivity contribution in [2.24, 2.45) is 0 Å². The zero-order chi connectivity index (χ0) is 26.1. The van der Waals surface area contributed by atoms with E-state index in [1.807, 2.05) is 24.3 Å². The van der Waals surface area contributed by atoms with Crippen LogP contribution in [0.3, 0.4) is 0 Å². The molecule has 0 spiro atoms. The van der Waals surface area contributed by atoms with E-state index < -0.39 is 15.8 Å². The second-order valence-corrected chi connectivity index (χ2v) is 10.7. The molecule has 0 radical (unpaired) electrons. The maximum atomic E-state index is 14.5. The van der Waals surface area contributed by atoms with Crippen LogP contribution in [0.5, 0.6) is 5.75 Å². The van der Waals surface area contributed by atoms with Gasteiger partial charge in [-0.25, -0.2) is 17.8 Å². The average Bonchev–Trinajstić information content (AvgIpc) is 2.89. The molecule has 0 unspecified atom stereocenters. The Balaban J connectivity index is 1.38. The van der Waals surface area contributed by atoms with Gasteiger partial charge in [-0.05, 0) is 68.8 Å². The Morgan fingerprint density at radius 3 is 2.46 bits per heavy atom. The van der Waals surface area contributed by atoms with E-state index in [1.165, 1.54) is 19.3 Å². The fourth-order valence-corrected chi connectivity index (χ4v) is 5.20. The number of halogens is 1. The number of aromatic nitrogens is 2. The molecule has 37 heavy (non-hydrogen) atoms. The van der Waals surface area contributed by atoms with E-state index in [4.69, 9.17) is 4.74 Å². The summed E-state index contributed by atoms with van der Waals surface area (Å²) in [7, 11) is -3.52. The quantitative estimate of drug-likeness (QED) is 0.297. The van der Waals surface area contributed by atoms with E-state index in [-0.39, 0.29) is 17.5 Å². The highest BCUT2D eigenvalue weighted by Crippen LogP contribution is 2.27. The highest BCUT2D eigenvalue weighted by molar-refractivity contribution is 7.92. The molecule has 2 heterocycles. The van der Waals surface area contributed by atoms with Gasteiger partial charge in [0.15, 0.2) is 11.6 Å². The second kappa shape index (κ2) is 12.7. The summed E-state index contributed by atoms with van der Waals surface area (Å²) < 4.78 is 47.4. The van der Waals surface area contributed by atoms with Gasteiger partial charge in [0.1, 0.15) is 12.4 Å². The molecule has 3 aromatic rings. The van der Waals surface area contributed by atoms with E-state index in [1.54, 1.807) is 31.2 Å². The lowest BCUT2D eigenvalue weighted by Gasteiger charge is -2.26. The van der Waals surface area contributed by atoms with Crippen molar-refractivity contribution in [2.75, 3.05) is 47.3 Å². The molecule has 11 heteroatoms. The van der Waals surface area contributed by atoms with Crippen molar-refractivity contribution < 1.29 is 17.5 Å². The summed E-state index contributed by atoms with van der Waals surface area (Å²) in [6.07, 6.45) is 5.36. The van der Waals surface area contributed by atoms with E-state index in [0.717, 1.165) is 31.6 Å². The van der Waals surface area contributed by atoms with Gasteiger partial charge in [0.05, 0.1) is 23.3 Å². The molecule has 1 aromatic heterocycles. The highest BCUT2D eigenvalue weighted by Gasteiger charge is 2.14. The van der Waals surface area contributed by atoms with E-state index in [2.05, 4.69) is 30.2 Å². The van der Waals surface area contributed by atoms with Crippen molar-refractivity contribution in [3.63, 3.8) is 0 Å². The molecule has 4 rings (SSSR count). The van der Waals surface area contributed by atoms with Crippen LogP contribution in [0.1, 0.15) is 32.6 Å². The number of likely N-dealkylation sites (tertiary alicyclic amines) is 1. The lowest BCUT2D eigenvalue weighted by molar-refractivity contribution is 0.183. The minimum absolute atomic E-state index is 0.0143. The van der Waals surface area contributed by atoms with Gasteiger partial charge in [0.2, 0.25) is 16.0 Å². The van der Waals surface area contributed by atoms with Crippen LogP contribution in [0.2, 0.25) is 0 Å². The van der Waals surface area contributed by atoms with E-state index in [0.29, 0.717) is 30.1 Å². The molecule has 0 saturated carbocycles. The van der Waals surface area contributed by atoms with Gasteiger partial charge in [-0.1, -0.05) is 25.5 Å². The summed E-state index contributed by atoms with van der Waals surface area (Å²) in [6.45, 7) is 5.62. The number of nitrogens with one attached hydrogen (secondary N) is 3. The maximum Gasteiger partial charge on any atom is 0.232 e. The Morgan fingerprint density at radius 2 is 1.73 bits per heavy atom. The van der Waals surface area contributed by atoms with Gasteiger partial charge in [-0.15, -0.1) is 0 Å². The molecule has 0 atom stereocenters. The lowest BCUT2D eigenvalue weighted by Crippen LogP contribution is -2.33. The summed E-state index contributed by atoms with van der Waals surface area (Å²) in [4.78, 5) is 10.7. The first kappa shape index (κ1) is 26.6. The standard InChI is InChI=1S/C26H33FN6O3S/c1-2-18-37(34,35)32-24-9-5-4-8-23(24)30-25-22(27)19-28-26(31-25)29-20-10-12-21(13-11-20)36-17-16-33-14-6-3-7-15-33/h4-5,8-13,19,32H,2-3,6-7,14-18H2,1H3,(H2,28,29,30,31). The summed E-state index contributed by atoms with van der Waals surface area (Å²) in [5, 5.41) is 5.93.